The average molecular weight is 449 g/mol. The van der Waals surface area contributed by atoms with E-state index in [1.807, 2.05) is 18.2 Å². The van der Waals surface area contributed by atoms with E-state index in [1.54, 1.807) is 37.3 Å². The van der Waals surface area contributed by atoms with Crippen molar-refractivity contribution in [2.75, 3.05) is 18.5 Å². The molecule has 1 saturated heterocycles. The highest BCUT2D eigenvalue weighted by atomic mass is 35.5. The van der Waals surface area contributed by atoms with Gasteiger partial charge in [-0.2, -0.15) is 0 Å². The van der Waals surface area contributed by atoms with Gasteiger partial charge in [-0.3, -0.25) is 13.8 Å². The van der Waals surface area contributed by atoms with Crippen LogP contribution in [0.2, 0.25) is 5.02 Å². The van der Waals surface area contributed by atoms with Crippen LogP contribution in [0.25, 0.3) is 0 Å². The molecule has 6 nitrogen and oxygen atoms in total. The smallest absolute Gasteiger partial charge is 0.253 e. The monoisotopic (exact) mass is 448 g/mol. The van der Waals surface area contributed by atoms with Gasteiger partial charge in [-0.15, -0.1) is 0 Å². The summed E-state index contributed by atoms with van der Waals surface area (Å²) in [5.41, 5.74) is 1.81. The molecule has 2 atom stereocenters. The number of amides is 2. The second-order valence-corrected chi connectivity index (χ2v) is 9.33. The lowest BCUT2D eigenvalue weighted by Crippen LogP contribution is -2.41. The van der Waals surface area contributed by atoms with Crippen LogP contribution in [0.3, 0.4) is 0 Å². The van der Waals surface area contributed by atoms with E-state index in [9.17, 15) is 13.8 Å². The molecular weight excluding hydrogens is 424 g/mol. The SMILES string of the molecule is CC(NC(=O)c1ccccc1Cl)C(=O)Nc1cccc(CS(=O)C2CCOCC2)c1. The summed E-state index contributed by atoms with van der Waals surface area (Å²) in [4.78, 5) is 24.9. The first-order valence-electron chi connectivity index (χ1n) is 9.84. The Morgan fingerprint density at radius 1 is 1.17 bits per heavy atom. The summed E-state index contributed by atoms with van der Waals surface area (Å²) in [5, 5.41) is 5.93. The molecule has 0 spiro atoms. The van der Waals surface area contributed by atoms with Gasteiger partial charge in [0.25, 0.3) is 5.91 Å². The minimum Gasteiger partial charge on any atom is -0.381 e. The molecule has 0 saturated carbocycles. The van der Waals surface area contributed by atoms with Crippen molar-refractivity contribution in [1.82, 2.24) is 5.32 Å². The third-order valence-electron chi connectivity index (χ3n) is 4.90. The Labute approximate surface area is 183 Å². The third kappa shape index (κ3) is 6.14. The standard InChI is InChI=1S/C22H25ClN2O4S/c1-15(24-22(27)19-7-2-3-8-20(19)23)21(26)25-17-6-4-5-16(13-17)14-30(28)18-9-11-29-12-10-18/h2-8,13,15,18H,9-12,14H2,1H3,(H,24,27)(H,25,26). The van der Waals surface area contributed by atoms with Crippen molar-refractivity contribution in [3.8, 4) is 0 Å². The van der Waals surface area contributed by atoms with E-state index in [1.165, 1.54) is 0 Å². The Balaban J connectivity index is 1.57. The van der Waals surface area contributed by atoms with E-state index in [0.29, 0.717) is 35.2 Å². The topological polar surface area (TPSA) is 84.5 Å². The van der Waals surface area contributed by atoms with Crippen molar-refractivity contribution in [3.05, 3.63) is 64.7 Å². The van der Waals surface area contributed by atoms with Gasteiger partial charge in [-0.05, 0) is 49.6 Å². The highest BCUT2D eigenvalue weighted by molar-refractivity contribution is 7.84. The van der Waals surface area contributed by atoms with Gasteiger partial charge in [-0.1, -0.05) is 35.9 Å². The van der Waals surface area contributed by atoms with Gasteiger partial charge in [-0.25, -0.2) is 0 Å². The Hall–Kier alpha value is -2.22. The van der Waals surface area contributed by atoms with Crippen molar-refractivity contribution in [1.29, 1.82) is 0 Å². The molecule has 160 valence electrons. The van der Waals surface area contributed by atoms with E-state index in [4.69, 9.17) is 16.3 Å². The normalized spacial score (nSPS) is 16.5. The van der Waals surface area contributed by atoms with Crippen LogP contribution in [0.4, 0.5) is 5.69 Å². The molecule has 2 aromatic carbocycles. The molecule has 2 amide bonds. The van der Waals surface area contributed by atoms with Crippen molar-refractivity contribution in [2.45, 2.75) is 36.8 Å². The predicted octanol–water partition coefficient (Wildman–Crippen LogP) is 3.52. The fraction of sp³-hybridized carbons (Fsp3) is 0.364. The lowest BCUT2D eigenvalue weighted by Gasteiger charge is -2.21. The molecule has 0 aliphatic carbocycles. The summed E-state index contributed by atoms with van der Waals surface area (Å²) in [6.07, 6.45) is 1.62. The van der Waals surface area contributed by atoms with E-state index < -0.39 is 22.7 Å². The van der Waals surface area contributed by atoms with Crippen molar-refractivity contribution < 1.29 is 18.5 Å². The number of carbonyl (C=O) groups is 2. The summed E-state index contributed by atoms with van der Waals surface area (Å²) >= 11 is 6.03. The lowest BCUT2D eigenvalue weighted by atomic mass is 10.2. The first-order valence-corrected chi connectivity index (χ1v) is 11.6. The molecule has 0 aromatic heterocycles. The van der Waals surface area contributed by atoms with Crippen molar-refractivity contribution in [2.24, 2.45) is 0 Å². The zero-order valence-corrected chi connectivity index (χ0v) is 18.3. The predicted molar refractivity (Wildman–Crippen MR) is 119 cm³/mol. The largest absolute Gasteiger partial charge is 0.381 e. The first kappa shape index (κ1) is 22.5. The van der Waals surface area contributed by atoms with E-state index >= 15 is 0 Å². The number of hydrogen-bond acceptors (Lipinski definition) is 4. The van der Waals surface area contributed by atoms with Crippen molar-refractivity contribution in [3.63, 3.8) is 0 Å². The molecule has 1 aliphatic rings. The molecule has 3 rings (SSSR count). The summed E-state index contributed by atoms with van der Waals surface area (Å²) < 4.78 is 17.9. The second-order valence-electron chi connectivity index (χ2n) is 7.20. The average Bonchev–Trinajstić information content (AvgIpc) is 2.74. The van der Waals surface area contributed by atoms with Gasteiger partial charge in [0.05, 0.1) is 10.6 Å². The van der Waals surface area contributed by atoms with Gasteiger partial charge in [0.1, 0.15) is 6.04 Å². The van der Waals surface area contributed by atoms with Gasteiger partial charge < -0.3 is 15.4 Å². The van der Waals surface area contributed by atoms with E-state index in [2.05, 4.69) is 10.6 Å². The second kappa shape index (κ2) is 10.7. The number of ether oxygens (including phenoxy) is 1. The summed E-state index contributed by atoms with van der Waals surface area (Å²) in [7, 11) is -0.981. The number of nitrogens with one attached hydrogen (secondary N) is 2. The molecule has 2 unspecified atom stereocenters. The number of hydrogen-bond donors (Lipinski definition) is 2. The van der Waals surface area contributed by atoms with Crippen LogP contribution in [-0.2, 0) is 26.1 Å². The van der Waals surface area contributed by atoms with Crippen molar-refractivity contribution >= 4 is 39.9 Å². The van der Waals surface area contributed by atoms with Crippen LogP contribution in [0, 0.1) is 0 Å². The Morgan fingerprint density at radius 3 is 2.63 bits per heavy atom. The summed E-state index contributed by atoms with van der Waals surface area (Å²) in [6.45, 7) is 2.92. The molecule has 0 bridgehead atoms. The molecule has 8 heteroatoms. The maximum absolute atomic E-state index is 12.6. The lowest BCUT2D eigenvalue weighted by molar-refractivity contribution is -0.117. The zero-order valence-electron chi connectivity index (χ0n) is 16.7. The maximum Gasteiger partial charge on any atom is 0.253 e. The molecule has 1 heterocycles. The zero-order chi connectivity index (χ0) is 21.5. The Bertz CT molecular complexity index is 931. The summed E-state index contributed by atoms with van der Waals surface area (Å²) in [5.74, 6) is -0.324. The van der Waals surface area contributed by atoms with Gasteiger partial charge in [0.15, 0.2) is 0 Å². The number of halogens is 1. The first-order chi connectivity index (χ1) is 14.4. The minimum atomic E-state index is -0.981. The Kier molecular flexibility index (Phi) is 8.01. The number of carbonyl (C=O) groups excluding carboxylic acids is 2. The van der Waals surface area contributed by atoms with Gasteiger partial charge in [0.2, 0.25) is 5.91 Å². The van der Waals surface area contributed by atoms with Crippen LogP contribution in [0.1, 0.15) is 35.7 Å². The highest BCUT2D eigenvalue weighted by Crippen LogP contribution is 2.19. The molecule has 30 heavy (non-hydrogen) atoms. The number of anilines is 1. The minimum absolute atomic E-state index is 0.150. The molecule has 1 aliphatic heterocycles. The summed E-state index contributed by atoms with van der Waals surface area (Å²) in [6, 6.07) is 13.2. The molecule has 2 aromatic rings. The number of rotatable bonds is 7. The third-order valence-corrected chi connectivity index (χ3v) is 7.07. The van der Waals surface area contributed by atoms with Crippen LogP contribution in [0.5, 0.6) is 0 Å². The maximum atomic E-state index is 12.6. The molecule has 1 fully saturated rings. The van der Waals surface area contributed by atoms with Gasteiger partial charge >= 0.3 is 0 Å². The van der Waals surface area contributed by atoms with Crippen LogP contribution in [-0.4, -0.2) is 40.5 Å². The fourth-order valence-electron chi connectivity index (χ4n) is 3.20. The highest BCUT2D eigenvalue weighted by Gasteiger charge is 2.21. The Morgan fingerprint density at radius 2 is 1.90 bits per heavy atom. The number of benzene rings is 2. The van der Waals surface area contributed by atoms with Crippen LogP contribution < -0.4 is 10.6 Å². The fourth-order valence-corrected chi connectivity index (χ4v) is 4.88. The molecule has 2 N–H and O–H groups in total. The quantitative estimate of drug-likeness (QED) is 0.678. The molecular formula is C22H25ClN2O4S. The van der Waals surface area contributed by atoms with E-state index in [-0.39, 0.29) is 11.2 Å². The molecule has 0 radical (unpaired) electrons. The van der Waals surface area contributed by atoms with Crippen LogP contribution >= 0.6 is 11.6 Å². The van der Waals surface area contributed by atoms with Gasteiger partial charge in [0, 0.05) is 40.7 Å². The van der Waals surface area contributed by atoms with E-state index in [0.717, 1.165) is 18.4 Å². The van der Waals surface area contributed by atoms with Crippen LogP contribution in [0.15, 0.2) is 48.5 Å².